The summed E-state index contributed by atoms with van der Waals surface area (Å²) >= 11 is 0. The molecule has 0 saturated heterocycles. The zero-order valence-electron chi connectivity index (χ0n) is 23.6. The number of phenols is 1. The van der Waals surface area contributed by atoms with Crippen molar-refractivity contribution >= 4 is 41.2 Å². The highest BCUT2D eigenvalue weighted by Gasteiger charge is 2.69. The number of hydrogen-bond acceptors (Lipinski definition) is 10. The van der Waals surface area contributed by atoms with Crippen LogP contribution in [0.5, 0.6) is 17.2 Å². The number of methoxy groups -OCH3 is 2. The van der Waals surface area contributed by atoms with E-state index in [1.54, 1.807) is 44.4 Å². The van der Waals surface area contributed by atoms with E-state index in [1.165, 1.54) is 25.2 Å². The normalized spacial score (nSPS) is 28.9. The smallest absolute Gasteiger partial charge is 0.235 e. The Balaban J connectivity index is 1.57. The van der Waals surface area contributed by atoms with E-state index in [4.69, 9.17) is 15.2 Å². The second-order valence-electron chi connectivity index (χ2n) is 11.3. The number of aliphatic hydroxyl groups is 1. The van der Waals surface area contributed by atoms with Crippen molar-refractivity contribution < 1.29 is 43.7 Å². The molecule has 5 rings (SSSR count). The molecule has 0 bridgehead atoms. The van der Waals surface area contributed by atoms with E-state index in [2.05, 4.69) is 0 Å². The van der Waals surface area contributed by atoms with Crippen molar-refractivity contribution in [1.82, 2.24) is 4.90 Å². The van der Waals surface area contributed by atoms with Crippen molar-refractivity contribution in [3.63, 3.8) is 0 Å². The van der Waals surface area contributed by atoms with E-state index in [1.807, 2.05) is 6.07 Å². The summed E-state index contributed by atoms with van der Waals surface area (Å²) in [6, 6.07) is 7.22. The number of rotatable bonds is 6. The van der Waals surface area contributed by atoms with Gasteiger partial charge in [-0.2, -0.15) is 0 Å². The Morgan fingerprint density at radius 1 is 1.02 bits per heavy atom. The van der Waals surface area contributed by atoms with Gasteiger partial charge in [-0.3, -0.25) is 28.9 Å². The second kappa shape index (κ2) is 10.5. The monoisotopic (exact) mass is 576 g/mol. The van der Waals surface area contributed by atoms with Gasteiger partial charge in [0.25, 0.3) is 0 Å². The van der Waals surface area contributed by atoms with Crippen molar-refractivity contribution in [3.05, 3.63) is 52.6 Å². The summed E-state index contributed by atoms with van der Waals surface area (Å²) in [6.45, 7) is 0. The van der Waals surface area contributed by atoms with Crippen LogP contribution in [0.4, 0.5) is 0 Å². The van der Waals surface area contributed by atoms with Gasteiger partial charge in [-0.1, -0.05) is 24.3 Å². The average Bonchev–Trinajstić information content (AvgIpc) is 2.94. The fourth-order valence-corrected chi connectivity index (χ4v) is 6.93. The van der Waals surface area contributed by atoms with Gasteiger partial charge in [-0.05, 0) is 67.7 Å². The Morgan fingerprint density at radius 3 is 2.33 bits per heavy atom. The van der Waals surface area contributed by atoms with Crippen LogP contribution in [0.25, 0.3) is 12.2 Å². The molecule has 4 N–H and O–H groups in total. The standard InChI is InChI=1S/C31H32N2O9/c1-33(2)25-18-13-16-12-17-15(7-5-14-6-10-20(41-3)21(11-14)42-4)8-9-19(34)23(17)26(35)22(16)28(37)31(18,40)29(38)24(27(25)36)30(32)39/h5-11,16,18,22,24-25,34,40H,12-13H2,1-4H3,(H2,32,39)/t16-,18-,22?,24?,25-,31-/m1/s1. The fraction of sp³-hybridized carbons (Fsp3) is 0.387. The molecule has 0 heterocycles. The largest absolute Gasteiger partial charge is 0.507 e. The van der Waals surface area contributed by atoms with Gasteiger partial charge in [0.1, 0.15) is 5.75 Å². The molecule has 220 valence electrons. The van der Waals surface area contributed by atoms with Crippen LogP contribution in [0.1, 0.15) is 33.5 Å². The van der Waals surface area contributed by atoms with Gasteiger partial charge >= 0.3 is 0 Å². The van der Waals surface area contributed by atoms with Crippen LogP contribution in [-0.2, 0) is 25.6 Å². The summed E-state index contributed by atoms with van der Waals surface area (Å²) in [5, 5.41) is 22.4. The van der Waals surface area contributed by atoms with Gasteiger partial charge in [0.15, 0.2) is 46.2 Å². The highest BCUT2D eigenvalue weighted by Crippen LogP contribution is 2.51. The number of carbonyl (C=O) groups excluding carboxylic acids is 5. The number of nitrogens with two attached hydrogens (primary N) is 1. The average molecular weight is 577 g/mol. The number of primary amides is 1. The fourth-order valence-electron chi connectivity index (χ4n) is 6.93. The topological polar surface area (TPSA) is 174 Å². The minimum Gasteiger partial charge on any atom is -0.507 e. The molecule has 3 aliphatic rings. The van der Waals surface area contributed by atoms with Crippen molar-refractivity contribution in [1.29, 1.82) is 0 Å². The zero-order chi connectivity index (χ0) is 30.7. The van der Waals surface area contributed by atoms with Crippen molar-refractivity contribution in [3.8, 4) is 17.2 Å². The molecule has 6 atom stereocenters. The Labute approximate surface area is 241 Å². The van der Waals surface area contributed by atoms with Gasteiger partial charge in [0.05, 0.1) is 31.7 Å². The van der Waals surface area contributed by atoms with Gasteiger partial charge in [-0.15, -0.1) is 0 Å². The van der Waals surface area contributed by atoms with Gasteiger partial charge in [0, 0.05) is 5.92 Å². The number of ketones is 4. The lowest BCUT2D eigenvalue weighted by Gasteiger charge is -2.52. The predicted octanol–water partition coefficient (Wildman–Crippen LogP) is 1.05. The number of amides is 1. The van der Waals surface area contributed by atoms with Gasteiger partial charge in [0.2, 0.25) is 5.91 Å². The molecule has 1 amide bonds. The molecule has 2 aromatic rings. The van der Waals surface area contributed by atoms with Gasteiger partial charge in [-0.25, -0.2) is 0 Å². The van der Waals surface area contributed by atoms with Crippen LogP contribution >= 0.6 is 0 Å². The lowest BCUT2D eigenvalue weighted by Crippen LogP contribution is -2.74. The Hall–Kier alpha value is -4.35. The highest BCUT2D eigenvalue weighted by molar-refractivity contribution is 6.32. The summed E-state index contributed by atoms with van der Waals surface area (Å²) in [7, 11) is 6.15. The lowest BCUT2D eigenvalue weighted by atomic mass is 9.52. The minimum absolute atomic E-state index is 0.0155. The molecule has 2 fully saturated rings. The van der Waals surface area contributed by atoms with Crippen LogP contribution < -0.4 is 15.2 Å². The van der Waals surface area contributed by atoms with Gasteiger partial charge < -0.3 is 25.4 Å². The third kappa shape index (κ3) is 4.23. The predicted molar refractivity (Wildman–Crippen MR) is 150 cm³/mol. The van der Waals surface area contributed by atoms with Crippen molar-refractivity contribution in [2.75, 3.05) is 28.3 Å². The summed E-state index contributed by atoms with van der Waals surface area (Å²) in [4.78, 5) is 67.9. The number of hydrogen-bond donors (Lipinski definition) is 3. The Kier molecular flexibility index (Phi) is 7.28. The first-order valence-electron chi connectivity index (χ1n) is 13.5. The molecule has 0 radical (unpaired) electrons. The van der Waals surface area contributed by atoms with E-state index in [-0.39, 0.29) is 24.2 Å². The van der Waals surface area contributed by atoms with E-state index < -0.39 is 64.4 Å². The number of likely N-dealkylation sites (N-methyl/N-ethyl adjacent to an activating group) is 1. The molecule has 2 saturated carbocycles. The number of phenolic OH excluding ortho intramolecular Hbond substituents is 1. The van der Waals surface area contributed by atoms with Crippen molar-refractivity contribution in [2.24, 2.45) is 29.4 Å². The van der Waals surface area contributed by atoms with Crippen LogP contribution in [0.3, 0.4) is 0 Å². The molecular formula is C31H32N2O9. The number of aromatic hydroxyl groups is 1. The maximum absolute atomic E-state index is 13.9. The Bertz CT molecular complexity index is 1560. The van der Waals surface area contributed by atoms with E-state index >= 15 is 0 Å². The number of nitrogens with zero attached hydrogens (tertiary/aromatic N) is 1. The van der Waals surface area contributed by atoms with E-state index in [0.717, 1.165) is 5.56 Å². The van der Waals surface area contributed by atoms with Crippen LogP contribution in [0, 0.1) is 23.7 Å². The highest BCUT2D eigenvalue weighted by atomic mass is 16.5. The molecule has 0 aliphatic heterocycles. The lowest BCUT2D eigenvalue weighted by molar-refractivity contribution is -0.181. The maximum atomic E-state index is 13.9. The third-order valence-corrected chi connectivity index (χ3v) is 8.84. The molecule has 2 unspecified atom stereocenters. The second-order valence-corrected chi connectivity index (χ2v) is 11.3. The quantitative estimate of drug-likeness (QED) is 0.333. The molecular weight excluding hydrogens is 544 g/mol. The third-order valence-electron chi connectivity index (χ3n) is 8.84. The van der Waals surface area contributed by atoms with Crippen molar-refractivity contribution in [2.45, 2.75) is 24.5 Å². The zero-order valence-corrected chi connectivity index (χ0v) is 23.6. The van der Waals surface area contributed by atoms with E-state index in [0.29, 0.717) is 22.6 Å². The molecule has 11 nitrogen and oxygen atoms in total. The molecule has 0 spiro atoms. The first-order chi connectivity index (χ1) is 19.9. The summed E-state index contributed by atoms with van der Waals surface area (Å²) in [5.41, 5.74) is 4.47. The first-order valence-corrected chi connectivity index (χ1v) is 13.5. The number of fused-ring (bicyclic) bond motifs is 3. The molecule has 3 aliphatic carbocycles. The number of carbonyl (C=O) groups is 5. The van der Waals surface area contributed by atoms with Crippen LogP contribution in [0.15, 0.2) is 30.3 Å². The summed E-state index contributed by atoms with van der Waals surface area (Å²) < 4.78 is 10.6. The molecule has 0 aromatic heterocycles. The molecule has 11 heteroatoms. The number of benzene rings is 2. The first kappa shape index (κ1) is 29.2. The van der Waals surface area contributed by atoms with Crippen LogP contribution in [-0.4, -0.2) is 84.1 Å². The SMILES string of the molecule is COc1ccc(C=Cc2ccc(O)c3c2C[C@@H]2C[C@@H]4[C@@H](N(C)C)C(=O)C(C(N)=O)C(=O)[C@]4(O)C(=O)C2C3=O)cc1OC. The summed E-state index contributed by atoms with van der Waals surface area (Å²) in [6.07, 6.45) is 3.74. The minimum atomic E-state index is -2.75. The van der Waals surface area contributed by atoms with Crippen LogP contribution in [0.2, 0.25) is 0 Å². The molecule has 2 aromatic carbocycles. The molecule has 42 heavy (non-hydrogen) atoms. The number of Topliss-reactive ketones (excluding diaryl/α,β-unsaturated/α-hetero) is 4. The maximum Gasteiger partial charge on any atom is 0.235 e. The van der Waals surface area contributed by atoms with E-state index in [9.17, 15) is 34.2 Å². The number of ether oxygens (including phenoxy) is 2. The summed E-state index contributed by atoms with van der Waals surface area (Å²) in [5.74, 6) is -9.66. The Morgan fingerprint density at radius 2 is 1.71 bits per heavy atom.